The van der Waals surface area contributed by atoms with Crippen LogP contribution in [0.3, 0.4) is 0 Å². The average Bonchev–Trinajstić information content (AvgIpc) is 2.68. The van der Waals surface area contributed by atoms with Crippen LogP contribution in [0.15, 0.2) is 78.9 Å². The number of nitrogens with one attached hydrogen (secondary N) is 1. The second kappa shape index (κ2) is 7.53. The van der Waals surface area contributed by atoms with E-state index in [9.17, 15) is 14.7 Å². The monoisotopic (exact) mass is 346 g/mol. The minimum Gasteiger partial charge on any atom is -0.478 e. The summed E-state index contributed by atoms with van der Waals surface area (Å²) in [6.45, 7) is 0. The van der Waals surface area contributed by atoms with Gasteiger partial charge in [0.05, 0.1) is 11.3 Å². The summed E-state index contributed by atoms with van der Waals surface area (Å²) < 4.78 is 0. The Morgan fingerprint density at radius 1 is 0.846 bits per heavy atom. The molecule has 3 aromatic rings. The maximum atomic E-state index is 12.6. The molecule has 0 bridgehead atoms. The van der Waals surface area contributed by atoms with Gasteiger partial charge in [-0.15, -0.1) is 0 Å². The first-order valence-corrected chi connectivity index (χ1v) is 8.09. The van der Waals surface area contributed by atoms with Gasteiger partial charge in [-0.2, -0.15) is 0 Å². The molecular formula is C21H18N2O3. The van der Waals surface area contributed by atoms with Crippen LogP contribution in [0, 0.1) is 0 Å². The highest BCUT2D eigenvalue weighted by Crippen LogP contribution is 2.22. The number of hydrogen-bond acceptors (Lipinski definition) is 3. The lowest BCUT2D eigenvalue weighted by Crippen LogP contribution is -2.26. The first kappa shape index (κ1) is 17.2. The number of carboxylic acid groups (broad SMARTS) is 1. The fraction of sp³-hybridized carbons (Fsp3) is 0.0476. The topological polar surface area (TPSA) is 69.6 Å². The predicted octanol–water partition coefficient (Wildman–Crippen LogP) is 4.41. The van der Waals surface area contributed by atoms with Gasteiger partial charge >= 0.3 is 5.97 Å². The molecule has 0 aromatic heterocycles. The molecule has 0 aliphatic rings. The predicted molar refractivity (Wildman–Crippen MR) is 102 cm³/mol. The second-order valence-corrected chi connectivity index (χ2v) is 5.75. The summed E-state index contributed by atoms with van der Waals surface area (Å²) >= 11 is 0. The number of aromatic carboxylic acids is 1. The van der Waals surface area contributed by atoms with E-state index in [4.69, 9.17) is 0 Å². The van der Waals surface area contributed by atoms with Crippen LogP contribution in [-0.2, 0) is 0 Å². The highest BCUT2D eigenvalue weighted by atomic mass is 16.4. The smallest absolute Gasteiger partial charge is 0.337 e. The molecule has 0 heterocycles. The van der Waals surface area contributed by atoms with Crippen LogP contribution in [0.4, 0.5) is 17.1 Å². The third kappa shape index (κ3) is 3.72. The van der Waals surface area contributed by atoms with Crippen LogP contribution in [0.1, 0.15) is 20.7 Å². The first-order chi connectivity index (χ1) is 12.6. The lowest BCUT2D eigenvalue weighted by molar-refractivity contribution is 0.0697. The lowest BCUT2D eigenvalue weighted by atomic mass is 10.1. The number of para-hydroxylation sites is 2. The van der Waals surface area contributed by atoms with Gasteiger partial charge in [-0.1, -0.05) is 30.3 Å². The number of rotatable bonds is 5. The molecule has 3 aromatic carbocycles. The van der Waals surface area contributed by atoms with E-state index in [1.54, 1.807) is 54.4 Å². The molecular weight excluding hydrogens is 328 g/mol. The van der Waals surface area contributed by atoms with E-state index >= 15 is 0 Å². The van der Waals surface area contributed by atoms with Crippen LogP contribution in [0.25, 0.3) is 0 Å². The normalized spacial score (nSPS) is 10.2. The Balaban J connectivity index is 1.77. The summed E-state index contributed by atoms with van der Waals surface area (Å²) in [5.74, 6) is -1.11. The number of benzene rings is 3. The van der Waals surface area contributed by atoms with E-state index in [0.717, 1.165) is 5.69 Å². The molecule has 0 unspecified atom stereocenters. The molecule has 1 amide bonds. The van der Waals surface area contributed by atoms with Crippen molar-refractivity contribution in [2.75, 3.05) is 17.3 Å². The van der Waals surface area contributed by atoms with Crippen molar-refractivity contribution in [3.63, 3.8) is 0 Å². The molecule has 0 aliphatic carbocycles. The van der Waals surface area contributed by atoms with Gasteiger partial charge in [-0.25, -0.2) is 4.79 Å². The molecule has 3 rings (SSSR count). The van der Waals surface area contributed by atoms with Crippen molar-refractivity contribution in [3.05, 3.63) is 90.0 Å². The summed E-state index contributed by atoms with van der Waals surface area (Å²) in [7, 11) is 1.73. The Morgan fingerprint density at radius 3 is 2.12 bits per heavy atom. The van der Waals surface area contributed by atoms with Crippen molar-refractivity contribution in [2.24, 2.45) is 0 Å². The Kier molecular flexibility index (Phi) is 4.99. The molecule has 0 atom stereocenters. The Hall–Kier alpha value is -3.60. The third-order valence-corrected chi connectivity index (χ3v) is 4.02. The number of nitrogens with zero attached hydrogens (tertiary/aromatic N) is 1. The minimum absolute atomic E-state index is 0.117. The van der Waals surface area contributed by atoms with E-state index in [2.05, 4.69) is 5.32 Å². The standard InChI is InChI=1S/C21H18N2O3/c1-23(17-7-3-2-4-8-17)20(24)15-11-13-16(14-12-15)22-19-10-6-5-9-18(19)21(25)26/h2-14,22H,1H3,(H,25,26). The largest absolute Gasteiger partial charge is 0.478 e. The van der Waals surface area contributed by atoms with Crippen LogP contribution in [0.5, 0.6) is 0 Å². The Bertz CT molecular complexity index is 922. The van der Waals surface area contributed by atoms with Crippen LogP contribution in [0.2, 0.25) is 0 Å². The van der Waals surface area contributed by atoms with Crippen molar-refractivity contribution in [3.8, 4) is 0 Å². The first-order valence-electron chi connectivity index (χ1n) is 8.09. The van der Waals surface area contributed by atoms with Gasteiger partial charge in [-0.05, 0) is 48.5 Å². The fourth-order valence-electron chi connectivity index (χ4n) is 2.59. The molecule has 0 saturated heterocycles. The molecule has 0 saturated carbocycles. The number of carboxylic acids is 1. The van der Waals surface area contributed by atoms with Crippen LogP contribution < -0.4 is 10.2 Å². The number of amides is 1. The molecule has 5 heteroatoms. The number of anilines is 3. The van der Waals surface area contributed by atoms with Crippen LogP contribution >= 0.6 is 0 Å². The third-order valence-electron chi connectivity index (χ3n) is 4.02. The Labute approximate surface area is 151 Å². The van der Waals surface area contributed by atoms with Gasteiger partial charge in [0.25, 0.3) is 5.91 Å². The summed E-state index contributed by atoms with van der Waals surface area (Å²) in [5, 5.41) is 12.3. The van der Waals surface area contributed by atoms with E-state index in [1.165, 1.54) is 6.07 Å². The van der Waals surface area contributed by atoms with Gasteiger partial charge in [0.2, 0.25) is 0 Å². The van der Waals surface area contributed by atoms with E-state index in [-0.39, 0.29) is 11.5 Å². The summed E-state index contributed by atoms with van der Waals surface area (Å²) in [6.07, 6.45) is 0. The molecule has 0 aliphatic heterocycles. The summed E-state index contributed by atoms with van der Waals surface area (Å²) in [6, 6.07) is 23.0. The number of hydrogen-bond donors (Lipinski definition) is 2. The second-order valence-electron chi connectivity index (χ2n) is 5.75. The minimum atomic E-state index is -0.996. The van der Waals surface area contributed by atoms with Gasteiger partial charge in [-0.3, -0.25) is 4.79 Å². The number of carbonyl (C=O) groups excluding carboxylic acids is 1. The highest BCUT2D eigenvalue weighted by molar-refractivity contribution is 6.06. The van der Waals surface area contributed by atoms with Gasteiger partial charge < -0.3 is 15.3 Å². The molecule has 5 nitrogen and oxygen atoms in total. The van der Waals surface area contributed by atoms with Crippen molar-refractivity contribution < 1.29 is 14.7 Å². The highest BCUT2D eigenvalue weighted by Gasteiger charge is 2.13. The molecule has 0 radical (unpaired) electrons. The zero-order valence-corrected chi connectivity index (χ0v) is 14.2. The molecule has 2 N–H and O–H groups in total. The fourth-order valence-corrected chi connectivity index (χ4v) is 2.59. The van der Waals surface area contributed by atoms with Crippen molar-refractivity contribution in [1.82, 2.24) is 0 Å². The maximum absolute atomic E-state index is 12.6. The zero-order valence-electron chi connectivity index (χ0n) is 14.2. The van der Waals surface area contributed by atoms with Crippen molar-refractivity contribution in [1.29, 1.82) is 0 Å². The molecule has 130 valence electrons. The zero-order chi connectivity index (χ0) is 18.5. The van der Waals surface area contributed by atoms with Crippen molar-refractivity contribution >= 4 is 28.9 Å². The quantitative estimate of drug-likeness (QED) is 0.718. The number of carbonyl (C=O) groups is 2. The van der Waals surface area contributed by atoms with E-state index < -0.39 is 5.97 Å². The molecule has 0 spiro atoms. The molecule has 0 fully saturated rings. The summed E-state index contributed by atoms with van der Waals surface area (Å²) in [4.78, 5) is 25.4. The summed E-state index contributed by atoms with van der Waals surface area (Å²) in [5.41, 5.74) is 2.76. The maximum Gasteiger partial charge on any atom is 0.337 e. The average molecular weight is 346 g/mol. The van der Waals surface area contributed by atoms with Crippen molar-refractivity contribution in [2.45, 2.75) is 0 Å². The lowest BCUT2D eigenvalue weighted by Gasteiger charge is -2.17. The van der Waals surface area contributed by atoms with Gasteiger partial charge in [0.1, 0.15) is 0 Å². The SMILES string of the molecule is CN(C(=O)c1ccc(Nc2ccccc2C(=O)O)cc1)c1ccccc1. The van der Waals surface area contributed by atoms with Crippen LogP contribution in [-0.4, -0.2) is 24.0 Å². The van der Waals surface area contributed by atoms with Gasteiger partial charge in [0, 0.05) is 24.0 Å². The molecule has 26 heavy (non-hydrogen) atoms. The van der Waals surface area contributed by atoms with E-state index in [0.29, 0.717) is 16.9 Å². The Morgan fingerprint density at radius 2 is 1.46 bits per heavy atom. The van der Waals surface area contributed by atoms with Gasteiger partial charge in [0.15, 0.2) is 0 Å². The van der Waals surface area contributed by atoms with E-state index in [1.807, 2.05) is 30.3 Å².